The molecule has 0 heterocycles. The molecule has 0 N–H and O–H groups in total. The van der Waals surface area contributed by atoms with E-state index in [9.17, 15) is 4.79 Å². The van der Waals surface area contributed by atoms with E-state index in [-0.39, 0.29) is 5.97 Å². The third kappa shape index (κ3) is 21.5. The highest BCUT2D eigenvalue weighted by Gasteiger charge is 2.14. The molecule has 3 heteroatoms. The van der Waals surface area contributed by atoms with Crippen LogP contribution in [0.15, 0.2) is 0 Å². The molecule has 0 spiro atoms. The molecule has 0 aromatic rings. The predicted octanol–water partition coefficient (Wildman–Crippen LogP) is 7.91. The van der Waals surface area contributed by atoms with E-state index >= 15 is 0 Å². The van der Waals surface area contributed by atoms with Gasteiger partial charge in [-0.2, -0.15) is 4.89 Å². The molecule has 0 bridgehead atoms. The predicted molar refractivity (Wildman–Crippen MR) is 111 cm³/mol. The zero-order valence-corrected chi connectivity index (χ0v) is 18.2. The summed E-state index contributed by atoms with van der Waals surface area (Å²) in [6.45, 7) is 7.89. The van der Waals surface area contributed by atoms with E-state index in [1.807, 2.05) is 20.8 Å². The standard InChI is InChI=1S/C23H46O3/c1-5-6-7-8-9-10-11-12-13-14-15-16-17-18-19-20-21-22(24)25-26-23(2,3)4/h5-21H2,1-4H3. The molecule has 0 aliphatic heterocycles. The first kappa shape index (κ1) is 25.4. The summed E-state index contributed by atoms with van der Waals surface area (Å²) in [5.74, 6) is -0.245. The molecular weight excluding hydrogens is 324 g/mol. The highest BCUT2D eigenvalue weighted by atomic mass is 17.2. The summed E-state index contributed by atoms with van der Waals surface area (Å²) in [6.07, 6.45) is 21.9. The Morgan fingerprint density at radius 3 is 1.31 bits per heavy atom. The fraction of sp³-hybridized carbons (Fsp3) is 0.957. The molecule has 0 unspecified atom stereocenters. The van der Waals surface area contributed by atoms with Crippen molar-refractivity contribution < 1.29 is 14.6 Å². The van der Waals surface area contributed by atoms with Gasteiger partial charge in [-0.25, -0.2) is 4.79 Å². The topological polar surface area (TPSA) is 35.5 Å². The quantitative estimate of drug-likeness (QED) is 0.140. The van der Waals surface area contributed by atoms with Gasteiger partial charge in [-0.05, 0) is 27.2 Å². The lowest BCUT2D eigenvalue weighted by molar-refractivity contribution is -0.320. The molecule has 3 nitrogen and oxygen atoms in total. The molecule has 0 saturated heterocycles. The SMILES string of the molecule is CCCCCCCCCCCCCCCCCCC(=O)OOC(C)(C)C. The van der Waals surface area contributed by atoms with Crippen LogP contribution in [-0.2, 0) is 14.6 Å². The maximum atomic E-state index is 11.5. The molecule has 0 radical (unpaired) electrons. The first-order valence-corrected chi connectivity index (χ1v) is 11.3. The largest absolute Gasteiger partial charge is 0.342 e. The van der Waals surface area contributed by atoms with Crippen LogP contribution < -0.4 is 0 Å². The average Bonchev–Trinajstić information content (AvgIpc) is 2.59. The molecule has 26 heavy (non-hydrogen) atoms. The normalized spacial score (nSPS) is 11.7. The summed E-state index contributed by atoms with van der Waals surface area (Å²) in [5.41, 5.74) is -0.426. The first-order chi connectivity index (χ1) is 12.5. The molecule has 0 aliphatic rings. The third-order valence-electron chi connectivity index (χ3n) is 4.62. The second-order valence-electron chi connectivity index (χ2n) is 8.70. The Morgan fingerprint density at radius 1 is 0.615 bits per heavy atom. The number of carbonyl (C=O) groups is 1. The summed E-state index contributed by atoms with van der Waals surface area (Å²) < 4.78 is 0. The van der Waals surface area contributed by atoms with Crippen LogP contribution in [-0.4, -0.2) is 11.6 Å². The average molecular weight is 371 g/mol. The number of hydrogen-bond acceptors (Lipinski definition) is 3. The molecule has 0 saturated carbocycles. The van der Waals surface area contributed by atoms with Gasteiger partial charge in [-0.1, -0.05) is 103 Å². The number of unbranched alkanes of at least 4 members (excludes halogenated alkanes) is 15. The molecule has 0 aromatic heterocycles. The maximum absolute atomic E-state index is 11.5. The van der Waals surface area contributed by atoms with Crippen LogP contribution >= 0.6 is 0 Å². The zero-order chi connectivity index (χ0) is 19.5. The Labute approximate surface area is 163 Å². The van der Waals surface area contributed by atoms with Crippen molar-refractivity contribution >= 4 is 5.97 Å². The highest BCUT2D eigenvalue weighted by Crippen LogP contribution is 2.14. The minimum Gasteiger partial charge on any atom is -0.298 e. The Balaban J connectivity index is 3.14. The Hall–Kier alpha value is -0.570. The van der Waals surface area contributed by atoms with Crippen molar-refractivity contribution in [2.75, 3.05) is 0 Å². The van der Waals surface area contributed by atoms with E-state index in [4.69, 9.17) is 9.78 Å². The van der Waals surface area contributed by atoms with E-state index in [1.54, 1.807) is 0 Å². The van der Waals surface area contributed by atoms with Gasteiger partial charge in [-0.15, -0.1) is 0 Å². The minimum absolute atomic E-state index is 0.245. The highest BCUT2D eigenvalue weighted by molar-refractivity contribution is 5.68. The summed E-state index contributed by atoms with van der Waals surface area (Å²) in [4.78, 5) is 21.3. The van der Waals surface area contributed by atoms with Crippen molar-refractivity contribution in [2.45, 2.75) is 142 Å². The van der Waals surface area contributed by atoms with Gasteiger partial charge >= 0.3 is 5.97 Å². The van der Waals surface area contributed by atoms with E-state index in [2.05, 4.69) is 6.92 Å². The van der Waals surface area contributed by atoms with Gasteiger partial charge in [0.15, 0.2) is 0 Å². The van der Waals surface area contributed by atoms with Crippen LogP contribution in [0.25, 0.3) is 0 Å². The van der Waals surface area contributed by atoms with Crippen molar-refractivity contribution in [3.05, 3.63) is 0 Å². The van der Waals surface area contributed by atoms with E-state index < -0.39 is 5.60 Å². The summed E-state index contributed by atoms with van der Waals surface area (Å²) in [7, 11) is 0. The Bertz CT molecular complexity index is 307. The van der Waals surface area contributed by atoms with Crippen molar-refractivity contribution in [3.8, 4) is 0 Å². The van der Waals surface area contributed by atoms with Gasteiger partial charge in [0.05, 0.1) is 0 Å². The first-order valence-electron chi connectivity index (χ1n) is 11.3. The van der Waals surface area contributed by atoms with Gasteiger partial charge in [0.1, 0.15) is 5.60 Å². The van der Waals surface area contributed by atoms with Crippen molar-refractivity contribution in [2.24, 2.45) is 0 Å². The molecule has 0 aromatic carbocycles. The summed E-state index contributed by atoms with van der Waals surface area (Å²) in [5, 5.41) is 0. The van der Waals surface area contributed by atoms with Crippen LogP contribution in [0.1, 0.15) is 137 Å². The molecule has 0 aliphatic carbocycles. The van der Waals surface area contributed by atoms with Crippen molar-refractivity contribution in [3.63, 3.8) is 0 Å². The second kappa shape index (κ2) is 17.8. The van der Waals surface area contributed by atoms with E-state index in [0.717, 1.165) is 12.8 Å². The molecule has 0 rings (SSSR count). The Morgan fingerprint density at radius 2 is 0.962 bits per heavy atom. The summed E-state index contributed by atoms with van der Waals surface area (Å²) in [6, 6.07) is 0. The van der Waals surface area contributed by atoms with Crippen molar-refractivity contribution in [1.29, 1.82) is 0 Å². The molecule has 0 fully saturated rings. The lowest BCUT2D eigenvalue weighted by Gasteiger charge is -2.16. The van der Waals surface area contributed by atoms with Gasteiger partial charge in [0.2, 0.25) is 0 Å². The second-order valence-corrected chi connectivity index (χ2v) is 8.70. The van der Waals surface area contributed by atoms with Crippen LogP contribution in [0.4, 0.5) is 0 Å². The minimum atomic E-state index is -0.426. The van der Waals surface area contributed by atoms with Crippen molar-refractivity contribution in [1.82, 2.24) is 0 Å². The Kier molecular flexibility index (Phi) is 17.4. The number of hydrogen-bond donors (Lipinski definition) is 0. The monoisotopic (exact) mass is 370 g/mol. The zero-order valence-electron chi connectivity index (χ0n) is 18.2. The van der Waals surface area contributed by atoms with Crippen LogP contribution in [0.2, 0.25) is 0 Å². The van der Waals surface area contributed by atoms with Gasteiger partial charge in [0.25, 0.3) is 0 Å². The fourth-order valence-corrected chi connectivity index (χ4v) is 3.03. The fourth-order valence-electron chi connectivity index (χ4n) is 3.03. The van der Waals surface area contributed by atoms with Gasteiger partial charge in [-0.3, -0.25) is 4.89 Å². The van der Waals surface area contributed by atoms with Crippen LogP contribution in [0, 0.1) is 0 Å². The third-order valence-corrected chi connectivity index (χ3v) is 4.62. The van der Waals surface area contributed by atoms with Crippen LogP contribution in [0.5, 0.6) is 0 Å². The number of carbonyl (C=O) groups excluding carboxylic acids is 1. The van der Waals surface area contributed by atoms with E-state index in [1.165, 1.54) is 89.9 Å². The maximum Gasteiger partial charge on any atom is 0.342 e. The smallest absolute Gasteiger partial charge is 0.298 e. The molecule has 0 atom stereocenters. The molecule has 0 amide bonds. The molecule has 156 valence electrons. The van der Waals surface area contributed by atoms with Crippen LogP contribution in [0.3, 0.4) is 0 Å². The lowest BCUT2D eigenvalue weighted by Crippen LogP contribution is -2.21. The van der Waals surface area contributed by atoms with Gasteiger partial charge in [0, 0.05) is 6.42 Å². The molecular formula is C23H46O3. The van der Waals surface area contributed by atoms with E-state index in [0.29, 0.717) is 6.42 Å². The van der Waals surface area contributed by atoms with Gasteiger partial charge < -0.3 is 0 Å². The summed E-state index contributed by atoms with van der Waals surface area (Å²) >= 11 is 0. The number of rotatable bonds is 18. The lowest BCUT2D eigenvalue weighted by atomic mass is 10.0.